The van der Waals surface area contributed by atoms with E-state index < -0.39 is 0 Å². The summed E-state index contributed by atoms with van der Waals surface area (Å²) in [6.07, 6.45) is 3.55. The molecular formula is C26H20O2S. The Morgan fingerprint density at radius 3 is 2.34 bits per heavy atom. The quantitative estimate of drug-likeness (QED) is 0.277. The van der Waals surface area contributed by atoms with Crippen LogP contribution in [0.3, 0.4) is 0 Å². The van der Waals surface area contributed by atoms with E-state index in [1.54, 1.807) is 12.2 Å². The second-order valence-electron chi connectivity index (χ2n) is 6.92. The molecule has 0 amide bonds. The van der Waals surface area contributed by atoms with Crippen LogP contribution in [0.5, 0.6) is 11.5 Å². The van der Waals surface area contributed by atoms with E-state index in [0.29, 0.717) is 13.2 Å². The van der Waals surface area contributed by atoms with Gasteiger partial charge in [-0.1, -0.05) is 61.7 Å². The molecule has 0 radical (unpaired) electrons. The third-order valence-electron chi connectivity index (χ3n) is 5.12. The Morgan fingerprint density at radius 2 is 1.52 bits per heavy atom. The van der Waals surface area contributed by atoms with Crippen LogP contribution in [0.25, 0.3) is 41.7 Å². The largest absolute Gasteiger partial charge is 0.490 e. The molecule has 0 atom stereocenters. The molecule has 0 aliphatic rings. The van der Waals surface area contributed by atoms with Crippen molar-refractivity contribution < 1.29 is 9.47 Å². The zero-order chi connectivity index (χ0) is 19.8. The minimum absolute atomic E-state index is 0.484. The second-order valence-corrected chi connectivity index (χ2v) is 7.97. The molecule has 0 unspecified atom stereocenters. The first-order valence-corrected chi connectivity index (χ1v) is 10.4. The van der Waals surface area contributed by atoms with Gasteiger partial charge in [0.1, 0.15) is 24.7 Å². The van der Waals surface area contributed by atoms with Crippen LogP contribution in [-0.4, -0.2) is 13.2 Å². The number of hydrogen-bond donors (Lipinski definition) is 0. The molecule has 3 heteroatoms. The standard InChI is InChI=1S/C26H20O2S/c1-3-13-27-18-11-9-17-10-12-24-25(21(17)15-18)22-16-23(28-14-4-2)19-7-5-6-8-20(19)26(22)29-24/h3-12,15-16H,1-2,13-14H2. The molecule has 29 heavy (non-hydrogen) atoms. The van der Waals surface area contributed by atoms with Crippen LogP contribution in [0.15, 0.2) is 86.0 Å². The fourth-order valence-corrected chi connectivity index (χ4v) is 5.11. The van der Waals surface area contributed by atoms with Crippen LogP contribution < -0.4 is 9.47 Å². The van der Waals surface area contributed by atoms with Gasteiger partial charge in [0.2, 0.25) is 0 Å². The summed E-state index contributed by atoms with van der Waals surface area (Å²) in [6.45, 7) is 8.51. The summed E-state index contributed by atoms with van der Waals surface area (Å²) >= 11 is 1.83. The van der Waals surface area contributed by atoms with Crippen LogP contribution in [0.2, 0.25) is 0 Å². The lowest BCUT2D eigenvalue weighted by Gasteiger charge is -2.10. The lowest BCUT2D eigenvalue weighted by Crippen LogP contribution is -1.93. The predicted octanol–water partition coefficient (Wildman–Crippen LogP) is 7.49. The average molecular weight is 397 g/mol. The SMILES string of the molecule is C=CCOc1ccc2ccc3sc4c5ccccc5c(OCC=C)cc4c3c2c1. The van der Waals surface area contributed by atoms with Crippen molar-refractivity contribution in [3.05, 3.63) is 86.0 Å². The van der Waals surface area contributed by atoms with E-state index in [0.717, 1.165) is 16.9 Å². The summed E-state index contributed by atoms with van der Waals surface area (Å²) < 4.78 is 14.4. The fraction of sp³-hybridized carbons (Fsp3) is 0.0769. The summed E-state index contributed by atoms with van der Waals surface area (Å²) in [4.78, 5) is 0. The Kier molecular flexibility index (Phi) is 4.45. The Bertz CT molecular complexity index is 1390. The van der Waals surface area contributed by atoms with Crippen molar-refractivity contribution in [1.82, 2.24) is 0 Å². The molecule has 0 saturated carbocycles. The minimum Gasteiger partial charge on any atom is -0.490 e. The van der Waals surface area contributed by atoms with Gasteiger partial charge < -0.3 is 9.47 Å². The fourth-order valence-electron chi connectivity index (χ4n) is 3.88. The van der Waals surface area contributed by atoms with Crippen LogP contribution in [0.4, 0.5) is 0 Å². The van der Waals surface area contributed by atoms with Crippen molar-refractivity contribution >= 4 is 53.1 Å². The molecular weight excluding hydrogens is 376 g/mol. The van der Waals surface area contributed by atoms with E-state index in [9.17, 15) is 0 Å². The highest BCUT2D eigenvalue weighted by Crippen LogP contribution is 2.45. The van der Waals surface area contributed by atoms with Crippen molar-refractivity contribution in [2.24, 2.45) is 0 Å². The number of fused-ring (bicyclic) bond motifs is 7. The lowest BCUT2D eigenvalue weighted by molar-refractivity contribution is 0.364. The van der Waals surface area contributed by atoms with Gasteiger partial charge in [-0.15, -0.1) is 11.3 Å². The van der Waals surface area contributed by atoms with Crippen LogP contribution in [0.1, 0.15) is 0 Å². The second kappa shape index (κ2) is 7.26. The summed E-state index contributed by atoms with van der Waals surface area (Å²) in [5.74, 6) is 1.75. The van der Waals surface area contributed by atoms with Gasteiger partial charge in [0.15, 0.2) is 0 Å². The molecule has 5 aromatic rings. The normalized spacial score (nSPS) is 11.3. The monoisotopic (exact) mass is 396 g/mol. The van der Waals surface area contributed by atoms with E-state index in [1.807, 2.05) is 17.4 Å². The third kappa shape index (κ3) is 2.95. The average Bonchev–Trinajstić information content (AvgIpc) is 3.15. The lowest BCUT2D eigenvalue weighted by atomic mass is 10.0. The maximum Gasteiger partial charge on any atom is 0.128 e. The van der Waals surface area contributed by atoms with Crippen molar-refractivity contribution in [2.75, 3.05) is 13.2 Å². The molecule has 0 fully saturated rings. The first-order valence-electron chi connectivity index (χ1n) is 9.58. The summed E-state index contributed by atoms with van der Waals surface area (Å²) in [6, 6.07) is 21.3. The number of hydrogen-bond acceptors (Lipinski definition) is 3. The molecule has 5 rings (SSSR count). The highest BCUT2D eigenvalue weighted by atomic mass is 32.1. The zero-order valence-corrected chi connectivity index (χ0v) is 16.8. The topological polar surface area (TPSA) is 18.5 Å². The molecule has 142 valence electrons. The molecule has 0 bridgehead atoms. The zero-order valence-electron chi connectivity index (χ0n) is 16.0. The van der Waals surface area contributed by atoms with Crippen molar-refractivity contribution in [3.8, 4) is 11.5 Å². The van der Waals surface area contributed by atoms with Gasteiger partial charge in [0, 0.05) is 30.9 Å². The number of benzene rings is 4. The van der Waals surface area contributed by atoms with E-state index in [4.69, 9.17) is 9.47 Å². The first-order chi connectivity index (χ1) is 14.3. The van der Waals surface area contributed by atoms with Gasteiger partial charge in [0.05, 0.1) is 0 Å². The third-order valence-corrected chi connectivity index (χ3v) is 6.32. The number of ether oxygens (including phenoxy) is 2. The van der Waals surface area contributed by atoms with Crippen molar-refractivity contribution in [2.45, 2.75) is 0 Å². The van der Waals surface area contributed by atoms with Crippen LogP contribution in [-0.2, 0) is 0 Å². The Balaban J connectivity index is 1.87. The number of thiophene rings is 1. The molecule has 1 heterocycles. The highest BCUT2D eigenvalue weighted by molar-refractivity contribution is 7.26. The Morgan fingerprint density at radius 1 is 0.759 bits per heavy atom. The Labute approximate surface area is 173 Å². The maximum atomic E-state index is 6.03. The molecule has 0 aliphatic heterocycles. The number of rotatable bonds is 6. The molecule has 0 saturated heterocycles. The van der Waals surface area contributed by atoms with E-state index in [-0.39, 0.29) is 0 Å². The molecule has 0 aliphatic carbocycles. The molecule has 0 N–H and O–H groups in total. The predicted molar refractivity (Wildman–Crippen MR) is 126 cm³/mol. The first kappa shape index (κ1) is 17.8. The molecule has 4 aromatic carbocycles. The smallest absolute Gasteiger partial charge is 0.128 e. The van der Waals surface area contributed by atoms with Crippen LogP contribution in [0, 0.1) is 0 Å². The Hall–Kier alpha value is -3.30. The van der Waals surface area contributed by atoms with Crippen LogP contribution >= 0.6 is 11.3 Å². The maximum absolute atomic E-state index is 6.03. The summed E-state index contributed by atoms with van der Waals surface area (Å²) in [5.41, 5.74) is 0. The van der Waals surface area contributed by atoms with Crippen molar-refractivity contribution in [3.63, 3.8) is 0 Å². The molecule has 1 aromatic heterocycles. The van der Waals surface area contributed by atoms with Gasteiger partial charge in [-0.2, -0.15) is 0 Å². The highest BCUT2D eigenvalue weighted by Gasteiger charge is 2.15. The van der Waals surface area contributed by atoms with Crippen molar-refractivity contribution in [1.29, 1.82) is 0 Å². The summed E-state index contributed by atoms with van der Waals surface area (Å²) in [7, 11) is 0. The van der Waals surface area contributed by atoms with Gasteiger partial charge in [-0.05, 0) is 35.0 Å². The van der Waals surface area contributed by atoms with Gasteiger partial charge in [0.25, 0.3) is 0 Å². The van der Waals surface area contributed by atoms with E-state index in [2.05, 4.69) is 67.8 Å². The van der Waals surface area contributed by atoms with E-state index >= 15 is 0 Å². The van der Waals surface area contributed by atoms with E-state index in [1.165, 1.54) is 36.3 Å². The molecule has 0 spiro atoms. The van der Waals surface area contributed by atoms with Gasteiger partial charge >= 0.3 is 0 Å². The van der Waals surface area contributed by atoms with Gasteiger partial charge in [-0.3, -0.25) is 0 Å². The van der Waals surface area contributed by atoms with Gasteiger partial charge in [-0.25, -0.2) is 0 Å². The molecule has 2 nitrogen and oxygen atoms in total. The minimum atomic E-state index is 0.484. The summed E-state index contributed by atoms with van der Waals surface area (Å²) in [5, 5.41) is 7.21.